The molecule has 3 rings (SSSR count). The van der Waals surface area contributed by atoms with Crippen LogP contribution in [0, 0.1) is 5.41 Å². The Labute approximate surface area is 157 Å². The second-order valence-electron chi connectivity index (χ2n) is 7.87. The van der Waals surface area contributed by atoms with Gasteiger partial charge < -0.3 is 9.47 Å². The zero-order chi connectivity index (χ0) is 18.4. The topological polar surface area (TPSA) is 34.6 Å². The summed E-state index contributed by atoms with van der Waals surface area (Å²) in [5.74, 6) is 1.90. The second-order valence-corrected chi connectivity index (χ2v) is 7.87. The Morgan fingerprint density at radius 1 is 1.15 bits per heavy atom. The van der Waals surface area contributed by atoms with E-state index in [2.05, 4.69) is 48.9 Å². The predicted octanol–water partition coefficient (Wildman–Crippen LogP) is 4.55. The first-order valence-corrected chi connectivity index (χ1v) is 9.54. The molecule has 4 nitrogen and oxygen atoms in total. The molecule has 0 N–H and O–H groups in total. The molecule has 1 aromatic heterocycles. The van der Waals surface area contributed by atoms with E-state index in [9.17, 15) is 0 Å². The Morgan fingerprint density at radius 3 is 2.69 bits per heavy atom. The third kappa shape index (κ3) is 5.21. The second kappa shape index (κ2) is 8.54. The molecular formula is C22H30N2O2. The van der Waals surface area contributed by atoms with Crippen LogP contribution in [0.15, 0.2) is 48.8 Å². The van der Waals surface area contributed by atoms with Gasteiger partial charge in [0.15, 0.2) is 0 Å². The number of nitrogens with zero attached hydrogens (tertiary/aromatic N) is 2. The molecule has 1 aliphatic rings. The monoisotopic (exact) mass is 354 g/mol. The van der Waals surface area contributed by atoms with E-state index in [0.717, 1.165) is 37.7 Å². The number of aromatic nitrogens is 1. The van der Waals surface area contributed by atoms with Gasteiger partial charge in [-0.05, 0) is 51.4 Å². The summed E-state index contributed by atoms with van der Waals surface area (Å²) in [6.07, 6.45) is 6.13. The number of hydrogen-bond donors (Lipinski definition) is 0. The van der Waals surface area contributed by atoms with E-state index < -0.39 is 0 Å². The van der Waals surface area contributed by atoms with Crippen LogP contribution in [0.5, 0.6) is 11.5 Å². The highest BCUT2D eigenvalue weighted by molar-refractivity contribution is 5.33. The summed E-state index contributed by atoms with van der Waals surface area (Å²) in [5, 5.41) is 0. The van der Waals surface area contributed by atoms with E-state index in [1.165, 1.54) is 18.4 Å². The van der Waals surface area contributed by atoms with Gasteiger partial charge in [-0.25, -0.2) is 0 Å². The molecule has 2 aromatic rings. The molecule has 0 amide bonds. The van der Waals surface area contributed by atoms with Gasteiger partial charge in [-0.15, -0.1) is 0 Å². The maximum Gasteiger partial charge on any atom is 0.124 e. The highest BCUT2D eigenvalue weighted by Crippen LogP contribution is 2.32. The Bertz CT molecular complexity index is 690. The largest absolute Gasteiger partial charge is 0.493 e. The molecule has 26 heavy (non-hydrogen) atoms. The van der Waals surface area contributed by atoms with Crippen molar-refractivity contribution in [3.8, 4) is 11.5 Å². The van der Waals surface area contributed by atoms with Gasteiger partial charge in [0, 0.05) is 36.5 Å². The normalized spacial score (nSPS) is 20.9. The fraction of sp³-hybridized carbons (Fsp3) is 0.500. The van der Waals surface area contributed by atoms with Crippen LogP contribution < -0.4 is 9.47 Å². The molecule has 0 radical (unpaired) electrons. The van der Waals surface area contributed by atoms with Crippen LogP contribution in [0.25, 0.3) is 0 Å². The van der Waals surface area contributed by atoms with Crippen LogP contribution >= 0.6 is 0 Å². The predicted molar refractivity (Wildman–Crippen MR) is 105 cm³/mol. The molecule has 1 aliphatic heterocycles. The van der Waals surface area contributed by atoms with Crippen molar-refractivity contribution in [1.82, 2.24) is 9.88 Å². The SMILES string of the molecule is CC(C)Oc1ccccc1CN1CCCC(C)(COc2ccncc2)C1. The molecule has 0 aliphatic carbocycles. The summed E-state index contributed by atoms with van der Waals surface area (Å²) in [5.41, 5.74) is 1.43. The van der Waals surface area contributed by atoms with Gasteiger partial charge in [-0.1, -0.05) is 25.1 Å². The number of pyridine rings is 1. The van der Waals surface area contributed by atoms with E-state index in [1.807, 2.05) is 18.2 Å². The van der Waals surface area contributed by atoms with Crippen molar-refractivity contribution in [2.75, 3.05) is 19.7 Å². The van der Waals surface area contributed by atoms with Crippen LogP contribution in [0.1, 0.15) is 39.2 Å². The van der Waals surface area contributed by atoms with Crippen LogP contribution in [0.2, 0.25) is 0 Å². The molecule has 2 heterocycles. The summed E-state index contributed by atoms with van der Waals surface area (Å²) in [6.45, 7) is 10.3. The number of hydrogen-bond acceptors (Lipinski definition) is 4. The van der Waals surface area contributed by atoms with Gasteiger partial charge >= 0.3 is 0 Å². The van der Waals surface area contributed by atoms with Gasteiger partial charge in [0.1, 0.15) is 11.5 Å². The highest BCUT2D eigenvalue weighted by Gasteiger charge is 2.32. The number of para-hydroxylation sites is 1. The summed E-state index contributed by atoms with van der Waals surface area (Å²) < 4.78 is 12.0. The summed E-state index contributed by atoms with van der Waals surface area (Å²) >= 11 is 0. The fourth-order valence-electron chi connectivity index (χ4n) is 3.62. The first-order valence-electron chi connectivity index (χ1n) is 9.54. The van der Waals surface area contributed by atoms with Gasteiger partial charge in [0.25, 0.3) is 0 Å². The zero-order valence-corrected chi connectivity index (χ0v) is 16.1. The van der Waals surface area contributed by atoms with Gasteiger partial charge in [-0.2, -0.15) is 0 Å². The lowest BCUT2D eigenvalue weighted by atomic mass is 9.82. The Balaban J connectivity index is 1.61. The third-order valence-electron chi connectivity index (χ3n) is 4.83. The Hall–Kier alpha value is -2.07. The summed E-state index contributed by atoms with van der Waals surface area (Å²) in [6, 6.07) is 12.2. The quantitative estimate of drug-likeness (QED) is 0.730. The Morgan fingerprint density at radius 2 is 1.92 bits per heavy atom. The maximum absolute atomic E-state index is 6.03. The molecule has 0 saturated carbocycles. The fourth-order valence-corrected chi connectivity index (χ4v) is 3.62. The van der Waals surface area contributed by atoms with Gasteiger partial charge in [0.2, 0.25) is 0 Å². The van der Waals surface area contributed by atoms with E-state index >= 15 is 0 Å². The lowest BCUT2D eigenvalue weighted by molar-refractivity contribution is 0.0516. The van der Waals surface area contributed by atoms with Crippen LogP contribution in [0.4, 0.5) is 0 Å². The molecule has 0 bridgehead atoms. The lowest BCUT2D eigenvalue weighted by Crippen LogP contribution is -2.44. The van der Waals surface area contributed by atoms with Crippen LogP contribution in [-0.2, 0) is 6.54 Å². The number of likely N-dealkylation sites (tertiary alicyclic amines) is 1. The standard InChI is InChI=1S/C22H30N2O2/c1-18(2)26-21-8-5-4-7-19(21)15-24-14-6-11-22(3,16-24)17-25-20-9-12-23-13-10-20/h4-5,7-10,12-13,18H,6,11,14-17H2,1-3H3. The van der Waals surface area contributed by atoms with Crippen molar-refractivity contribution < 1.29 is 9.47 Å². The average Bonchev–Trinajstić information content (AvgIpc) is 2.62. The van der Waals surface area contributed by atoms with Crippen molar-refractivity contribution in [3.63, 3.8) is 0 Å². The van der Waals surface area contributed by atoms with E-state index in [0.29, 0.717) is 0 Å². The molecular weight excluding hydrogens is 324 g/mol. The minimum Gasteiger partial charge on any atom is -0.493 e. The first kappa shape index (κ1) is 18.7. The molecule has 1 atom stereocenters. The van der Waals surface area contributed by atoms with Gasteiger partial charge in [-0.3, -0.25) is 9.88 Å². The number of rotatable bonds is 7. The smallest absolute Gasteiger partial charge is 0.124 e. The molecule has 1 saturated heterocycles. The molecule has 1 fully saturated rings. The lowest BCUT2D eigenvalue weighted by Gasteiger charge is -2.40. The average molecular weight is 354 g/mol. The Kier molecular flexibility index (Phi) is 6.15. The first-order chi connectivity index (χ1) is 12.5. The van der Waals surface area contributed by atoms with Gasteiger partial charge in [0.05, 0.1) is 12.7 Å². The van der Waals surface area contributed by atoms with Crippen molar-refractivity contribution in [2.45, 2.75) is 46.3 Å². The van der Waals surface area contributed by atoms with Crippen molar-refractivity contribution in [2.24, 2.45) is 5.41 Å². The van der Waals surface area contributed by atoms with Crippen LogP contribution in [0.3, 0.4) is 0 Å². The minimum absolute atomic E-state index is 0.162. The highest BCUT2D eigenvalue weighted by atomic mass is 16.5. The number of piperidine rings is 1. The van der Waals surface area contributed by atoms with E-state index in [4.69, 9.17) is 9.47 Å². The van der Waals surface area contributed by atoms with E-state index in [1.54, 1.807) is 12.4 Å². The summed E-state index contributed by atoms with van der Waals surface area (Å²) in [7, 11) is 0. The van der Waals surface area contributed by atoms with E-state index in [-0.39, 0.29) is 11.5 Å². The molecule has 1 unspecified atom stereocenters. The van der Waals surface area contributed by atoms with Crippen molar-refractivity contribution in [1.29, 1.82) is 0 Å². The molecule has 0 spiro atoms. The summed E-state index contributed by atoms with van der Waals surface area (Å²) in [4.78, 5) is 6.57. The van der Waals surface area contributed by atoms with Crippen LogP contribution in [-0.4, -0.2) is 35.7 Å². The van der Waals surface area contributed by atoms with Crippen molar-refractivity contribution in [3.05, 3.63) is 54.4 Å². The zero-order valence-electron chi connectivity index (χ0n) is 16.1. The number of benzene rings is 1. The number of ether oxygens (including phenoxy) is 2. The molecule has 1 aromatic carbocycles. The minimum atomic E-state index is 0.162. The van der Waals surface area contributed by atoms with Crippen molar-refractivity contribution >= 4 is 0 Å². The third-order valence-corrected chi connectivity index (χ3v) is 4.83. The molecule has 140 valence electrons. The maximum atomic E-state index is 6.03. The molecule has 4 heteroatoms.